The molecule has 0 spiro atoms. The molecule has 0 radical (unpaired) electrons. The Hall–Kier alpha value is -2.08. The first-order valence-electron chi connectivity index (χ1n) is 7.23. The average molecular weight is 290 g/mol. The van der Waals surface area contributed by atoms with Crippen molar-refractivity contribution in [1.29, 1.82) is 0 Å². The molecule has 6 nitrogen and oxygen atoms in total. The average Bonchev–Trinajstić information content (AvgIpc) is 2.94. The lowest BCUT2D eigenvalue weighted by molar-refractivity contribution is 0.242. The van der Waals surface area contributed by atoms with Gasteiger partial charge in [0.05, 0.1) is 0 Å². The molecule has 0 bridgehead atoms. The summed E-state index contributed by atoms with van der Waals surface area (Å²) < 4.78 is 10.7. The van der Waals surface area contributed by atoms with E-state index in [0.29, 0.717) is 23.2 Å². The number of nitrogens with two attached hydrogens (primary N) is 1. The number of rotatable bonds is 8. The molecule has 0 atom stereocenters. The molecule has 6 heteroatoms. The number of aromatic nitrogens is 2. The number of nitrogens with zero attached hydrogens (tertiary/aromatic N) is 3. The van der Waals surface area contributed by atoms with Crippen molar-refractivity contribution in [3.8, 4) is 5.75 Å². The van der Waals surface area contributed by atoms with E-state index in [4.69, 9.17) is 15.0 Å². The maximum Gasteiger partial charge on any atom is 0.264 e. The predicted octanol–water partition coefficient (Wildman–Crippen LogP) is 2.12. The van der Waals surface area contributed by atoms with E-state index < -0.39 is 0 Å². The summed E-state index contributed by atoms with van der Waals surface area (Å²) in [6.07, 6.45) is 0.781. The van der Waals surface area contributed by atoms with E-state index in [-0.39, 0.29) is 6.61 Å². The molecule has 2 aromatic rings. The Labute approximate surface area is 124 Å². The Morgan fingerprint density at radius 2 is 2.10 bits per heavy atom. The molecule has 0 saturated heterocycles. The smallest absolute Gasteiger partial charge is 0.264 e. The van der Waals surface area contributed by atoms with Crippen molar-refractivity contribution >= 4 is 5.69 Å². The third-order valence-corrected chi connectivity index (χ3v) is 3.28. The third kappa shape index (κ3) is 4.75. The first-order valence-corrected chi connectivity index (χ1v) is 7.23. The fraction of sp³-hybridized carbons (Fsp3) is 0.467. The van der Waals surface area contributed by atoms with Crippen LogP contribution in [-0.2, 0) is 13.0 Å². The molecule has 0 aliphatic rings. The zero-order valence-corrected chi connectivity index (χ0v) is 12.6. The highest BCUT2D eigenvalue weighted by atomic mass is 16.5. The van der Waals surface area contributed by atoms with Crippen molar-refractivity contribution in [3.63, 3.8) is 0 Å². The van der Waals surface area contributed by atoms with Crippen LogP contribution in [0.4, 0.5) is 5.69 Å². The minimum absolute atomic E-state index is 0.252. The second kappa shape index (κ2) is 7.64. The summed E-state index contributed by atoms with van der Waals surface area (Å²) in [5.74, 6) is 1.89. The highest BCUT2D eigenvalue weighted by molar-refractivity contribution is 5.43. The normalized spacial score (nSPS) is 11.0. The van der Waals surface area contributed by atoms with Gasteiger partial charge in [-0.2, -0.15) is 4.98 Å². The summed E-state index contributed by atoms with van der Waals surface area (Å²) in [7, 11) is 0. The van der Waals surface area contributed by atoms with Gasteiger partial charge in [0.1, 0.15) is 5.75 Å². The van der Waals surface area contributed by atoms with Crippen LogP contribution in [0.15, 0.2) is 28.8 Å². The van der Waals surface area contributed by atoms with Crippen LogP contribution in [0.5, 0.6) is 5.75 Å². The predicted molar refractivity (Wildman–Crippen MR) is 81.0 cm³/mol. The third-order valence-electron chi connectivity index (χ3n) is 3.28. The number of hydrogen-bond acceptors (Lipinski definition) is 6. The fourth-order valence-electron chi connectivity index (χ4n) is 2.00. The van der Waals surface area contributed by atoms with Gasteiger partial charge in [0, 0.05) is 24.7 Å². The molecular formula is C15H22N4O2. The van der Waals surface area contributed by atoms with Crippen LogP contribution in [0.1, 0.15) is 25.6 Å². The Kier molecular flexibility index (Phi) is 5.57. The largest absolute Gasteiger partial charge is 0.484 e. The number of nitrogen functional groups attached to an aromatic ring is 1. The maximum atomic E-state index is 5.69. The highest BCUT2D eigenvalue weighted by Crippen LogP contribution is 2.15. The van der Waals surface area contributed by atoms with Crippen molar-refractivity contribution in [1.82, 2.24) is 15.0 Å². The topological polar surface area (TPSA) is 77.4 Å². The van der Waals surface area contributed by atoms with Gasteiger partial charge in [-0.3, -0.25) is 0 Å². The van der Waals surface area contributed by atoms with Crippen LogP contribution in [-0.4, -0.2) is 34.7 Å². The molecule has 114 valence electrons. The molecule has 1 aromatic heterocycles. The second-order valence-corrected chi connectivity index (χ2v) is 4.74. The van der Waals surface area contributed by atoms with Gasteiger partial charge in [-0.05, 0) is 25.2 Å². The number of ether oxygens (including phenoxy) is 1. The monoisotopic (exact) mass is 290 g/mol. The van der Waals surface area contributed by atoms with E-state index in [0.717, 1.165) is 26.1 Å². The molecule has 1 aromatic carbocycles. The summed E-state index contributed by atoms with van der Waals surface area (Å²) in [5, 5.41) is 3.97. The van der Waals surface area contributed by atoms with Crippen LogP contribution in [0.3, 0.4) is 0 Å². The Balaban J connectivity index is 1.83. The Morgan fingerprint density at radius 1 is 1.29 bits per heavy atom. The Bertz CT molecular complexity index is 552. The lowest BCUT2D eigenvalue weighted by Gasteiger charge is -2.16. The summed E-state index contributed by atoms with van der Waals surface area (Å²) >= 11 is 0. The SMILES string of the molecule is CCN(CC)CCc1noc(COc2cccc(N)c2)n1. The first-order chi connectivity index (χ1) is 10.2. The molecule has 1 heterocycles. The number of benzene rings is 1. The van der Waals surface area contributed by atoms with Crippen molar-refractivity contribution < 1.29 is 9.26 Å². The van der Waals surface area contributed by atoms with Crippen molar-refractivity contribution in [2.45, 2.75) is 26.9 Å². The second-order valence-electron chi connectivity index (χ2n) is 4.74. The first kappa shape index (κ1) is 15.3. The van der Waals surface area contributed by atoms with Gasteiger partial charge in [0.15, 0.2) is 12.4 Å². The van der Waals surface area contributed by atoms with E-state index in [1.807, 2.05) is 18.2 Å². The summed E-state index contributed by atoms with van der Waals surface area (Å²) in [6, 6.07) is 7.25. The van der Waals surface area contributed by atoms with Crippen LogP contribution < -0.4 is 10.5 Å². The molecule has 0 fully saturated rings. The fourth-order valence-corrected chi connectivity index (χ4v) is 2.00. The van der Waals surface area contributed by atoms with Gasteiger partial charge in [-0.1, -0.05) is 25.1 Å². The maximum absolute atomic E-state index is 5.69. The summed E-state index contributed by atoms with van der Waals surface area (Å²) in [5.41, 5.74) is 6.35. The number of anilines is 1. The Morgan fingerprint density at radius 3 is 2.81 bits per heavy atom. The van der Waals surface area contributed by atoms with Crippen LogP contribution >= 0.6 is 0 Å². The standard InChI is InChI=1S/C15H22N4O2/c1-3-19(4-2)9-8-14-17-15(21-18-14)11-20-13-7-5-6-12(16)10-13/h5-7,10H,3-4,8-9,11,16H2,1-2H3. The molecule has 21 heavy (non-hydrogen) atoms. The van der Waals surface area contributed by atoms with Gasteiger partial charge in [-0.15, -0.1) is 0 Å². The molecule has 0 aliphatic carbocycles. The molecule has 0 saturated carbocycles. The quantitative estimate of drug-likeness (QED) is 0.750. The van der Waals surface area contributed by atoms with E-state index in [1.54, 1.807) is 6.07 Å². The van der Waals surface area contributed by atoms with Crippen molar-refractivity contribution in [2.24, 2.45) is 0 Å². The molecule has 2 N–H and O–H groups in total. The van der Waals surface area contributed by atoms with Gasteiger partial charge in [-0.25, -0.2) is 0 Å². The van der Waals surface area contributed by atoms with Crippen molar-refractivity contribution in [2.75, 3.05) is 25.4 Å². The minimum atomic E-state index is 0.252. The summed E-state index contributed by atoms with van der Waals surface area (Å²) in [4.78, 5) is 6.65. The van der Waals surface area contributed by atoms with Gasteiger partial charge in [0.25, 0.3) is 5.89 Å². The number of likely N-dealkylation sites (N-methyl/N-ethyl adjacent to an activating group) is 1. The molecule has 2 rings (SSSR count). The van der Waals surface area contributed by atoms with Gasteiger partial charge >= 0.3 is 0 Å². The van der Waals surface area contributed by atoms with Crippen LogP contribution in [0.2, 0.25) is 0 Å². The van der Waals surface area contributed by atoms with E-state index >= 15 is 0 Å². The lowest BCUT2D eigenvalue weighted by Crippen LogP contribution is -2.25. The molecule has 0 amide bonds. The van der Waals surface area contributed by atoms with E-state index in [2.05, 4.69) is 28.9 Å². The lowest BCUT2D eigenvalue weighted by atomic mass is 10.3. The zero-order valence-electron chi connectivity index (χ0n) is 12.6. The van der Waals surface area contributed by atoms with Gasteiger partial charge in [0.2, 0.25) is 0 Å². The van der Waals surface area contributed by atoms with Crippen LogP contribution in [0, 0.1) is 0 Å². The highest BCUT2D eigenvalue weighted by Gasteiger charge is 2.08. The zero-order chi connectivity index (χ0) is 15.1. The molecule has 0 aliphatic heterocycles. The van der Waals surface area contributed by atoms with Crippen molar-refractivity contribution in [3.05, 3.63) is 36.0 Å². The number of hydrogen-bond donors (Lipinski definition) is 1. The van der Waals surface area contributed by atoms with Crippen LogP contribution in [0.25, 0.3) is 0 Å². The minimum Gasteiger partial charge on any atom is -0.484 e. The van der Waals surface area contributed by atoms with E-state index in [9.17, 15) is 0 Å². The molecule has 0 unspecified atom stereocenters. The van der Waals surface area contributed by atoms with E-state index in [1.165, 1.54) is 0 Å². The summed E-state index contributed by atoms with van der Waals surface area (Å²) in [6.45, 7) is 7.53. The van der Waals surface area contributed by atoms with Gasteiger partial charge < -0.3 is 19.9 Å². The molecular weight excluding hydrogens is 268 g/mol.